The van der Waals surface area contributed by atoms with Crippen LogP contribution in [-0.2, 0) is 0 Å². The monoisotopic (exact) mass is 188 g/mol. The van der Waals surface area contributed by atoms with Gasteiger partial charge in [-0.25, -0.2) is 9.97 Å². The second-order valence-electron chi connectivity index (χ2n) is 2.66. The molecule has 4 nitrogen and oxygen atoms in total. The number of hydrogen-bond donors (Lipinski definition) is 1. The standard InChI is InChI=1S/C10H12N4/c1-2-3-4-6-12-10-13-7-5-9(8-11)14-10/h2-3,5,7H,4,6H2,1H3,(H,12,13,14)/b3-2+. The molecule has 0 radical (unpaired) electrons. The van der Waals surface area contributed by atoms with Gasteiger partial charge in [-0.2, -0.15) is 5.26 Å². The van der Waals surface area contributed by atoms with Gasteiger partial charge in [-0.05, 0) is 19.4 Å². The van der Waals surface area contributed by atoms with Crippen LogP contribution in [0.1, 0.15) is 19.0 Å². The number of nitriles is 1. The summed E-state index contributed by atoms with van der Waals surface area (Å²) in [4.78, 5) is 7.97. The molecule has 0 aliphatic heterocycles. The summed E-state index contributed by atoms with van der Waals surface area (Å²) in [5, 5.41) is 11.6. The molecule has 72 valence electrons. The van der Waals surface area contributed by atoms with Crippen molar-refractivity contribution in [2.24, 2.45) is 0 Å². The molecule has 1 aromatic rings. The van der Waals surface area contributed by atoms with Crippen molar-refractivity contribution in [3.8, 4) is 6.07 Å². The Morgan fingerprint density at radius 3 is 3.21 bits per heavy atom. The van der Waals surface area contributed by atoms with Gasteiger partial charge in [-0.15, -0.1) is 0 Å². The van der Waals surface area contributed by atoms with Crippen LogP contribution in [-0.4, -0.2) is 16.5 Å². The predicted octanol–water partition coefficient (Wildman–Crippen LogP) is 1.73. The fraction of sp³-hybridized carbons (Fsp3) is 0.300. The summed E-state index contributed by atoms with van der Waals surface area (Å²) >= 11 is 0. The summed E-state index contributed by atoms with van der Waals surface area (Å²) in [5.41, 5.74) is 0.383. The van der Waals surface area contributed by atoms with Gasteiger partial charge in [0.1, 0.15) is 11.8 Å². The van der Waals surface area contributed by atoms with Crippen LogP contribution in [0.15, 0.2) is 24.4 Å². The zero-order valence-electron chi connectivity index (χ0n) is 8.07. The first-order valence-electron chi connectivity index (χ1n) is 4.45. The summed E-state index contributed by atoms with van der Waals surface area (Å²) in [6.45, 7) is 2.76. The molecular formula is C10H12N4. The molecule has 0 spiro atoms. The lowest BCUT2D eigenvalue weighted by Gasteiger charge is -2.01. The molecule has 1 N–H and O–H groups in total. The summed E-state index contributed by atoms with van der Waals surface area (Å²) in [6, 6.07) is 3.54. The van der Waals surface area contributed by atoms with Crippen LogP contribution in [0.2, 0.25) is 0 Å². The molecule has 0 aromatic carbocycles. The molecule has 14 heavy (non-hydrogen) atoms. The van der Waals surface area contributed by atoms with E-state index in [9.17, 15) is 0 Å². The Morgan fingerprint density at radius 1 is 1.64 bits per heavy atom. The molecule has 0 saturated carbocycles. The third-order valence-electron chi connectivity index (χ3n) is 1.60. The highest BCUT2D eigenvalue weighted by Gasteiger charge is 1.95. The quantitative estimate of drug-likeness (QED) is 0.577. The predicted molar refractivity (Wildman–Crippen MR) is 54.7 cm³/mol. The second kappa shape index (κ2) is 5.70. The summed E-state index contributed by atoms with van der Waals surface area (Å²) in [5.74, 6) is 0.508. The lowest BCUT2D eigenvalue weighted by molar-refractivity contribution is 1.01. The molecule has 0 aliphatic carbocycles. The van der Waals surface area contributed by atoms with Crippen LogP contribution < -0.4 is 5.32 Å². The highest BCUT2D eigenvalue weighted by Crippen LogP contribution is 1.98. The third kappa shape index (κ3) is 3.23. The molecule has 0 bridgehead atoms. The summed E-state index contributed by atoms with van der Waals surface area (Å²) in [7, 11) is 0. The lowest BCUT2D eigenvalue weighted by atomic mass is 10.4. The van der Waals surface area contributed by atoms with Crippen molar-refractivity contribution in [2.45, 2.75) is 13.3 Å². The van der Waals surface area contributed by atoms with E-state index in [1.165, 1.54) is 0 Å². The SMILES string of the molecule is C/C=C/CCNc1nccc(C#N)n1. The maximum Gasteiger partial charge on any atom is 0.223 e. The van der Waals surface area contributed by atoms with Crippen molar-refractivity contribution in [1.82, 2.24) is 9.97 Å². The van der Waals surface area contributed by atoms with E-state index in [-0.39, 0.29) is 0 Å². The third-order valence-corrected chi connectivity index (χ3v) is 1.60. The summed E-state index contributed by atoms with van der Waals surface area (Å²) < 4.78 is 0. The minimum atomic E-state index is 0.383. The average Bonchev–Trinajstić information content (AvgIpc) is 2.25. The van der Waals surface area contributed by atoms with E-state index >= 15 is 0 Å². The minimum absolute atomic E-state index is 0.383. The maximum absolute atomic E-state index is 8.59. The van der Waals surface area contributed by atoms with E-state index in [0.717, 1.165) is 13.0 Å². The number of nitrogens with one attached hydrogen (secondary N) is 1. The zero-order valence-corrected chi connectivity index (χ0v) is 8.07. The van der Waals surface area contributed by atoms with Crippen molar-refractivity contribution in [2.75, 3.05) is 11.9 Å². The number of allylic oxidation sites excluding steroid dienone is 1. The van der Waals surface area contributed by atoms with Crippen LogP contribution in [0.3, 0.4) is 0 Å². The van der Waals surface area contributed by atoms with Gasteiger partial charge in [-0.1, -0.05) is 12.2 Å². The largest absolute Gasteiger partial charge is 0.354 e. The number of aromatic nitrogens is 2. The Balaban J connectivity index is 2.47. The summed E-state index contributed by atoms with van der Waals surface area (Å²) in [6.07, 6.45) is 6.55. The smallest absolute Gasteiger partial charge is 0.223 e. The Hall–Kier alpha value is -1.89. The molecule has 0 amide bonds. The number of nitrogens with zero attached hydrogens (tertiary/aromatic N) is 3. The first-order valence-corrected chi connectivity index (χ1v) is 4.45. The molecule has 0 unspecified atom stereocenters. The van der Waals surface area contributed by atoms with Gasteiger partial charge in [-0.3, -0.25) is 0 Å². The molecule has 1 aromatic heterocycles. The van der Waals surface area contributed by atoms with Gasteiger partial charge in [0.05, 0.1) is 0 Å². The van der Waals surface area contributed by atoms with Crippen molar-refractivity contribution in [3.05, 3.63) is 30.1 Å². The molecule has 1 heterocycles. The minimum Gasteiger partial charge on any atom is -0.354 e. The fourth-order valence-electron chi connectivity index (χ4n) is 0.940. The van der Waals surface area contributed by atoms with Gasteiger partial charge in [0.2, 0.25) is 5.95 Å². The molecule has 0 aliphatic rings. The Labute approximate surface area is 83.3 Å². The second-order valence-corrected chi connectivity index (χ2v) is 2.66. The van der Waals surface area contributed by atoms with Crippen LogP contribution in [0.25, 0.3) is 0 Å². The van der Waals surface area contributed by atoms with E-state index in [4.69, 9.17) is 5.26 Å². The van der Waals surface area contributed by atoms with Gasteiger partial charge < -0.3 is 5.32 Å². The Bertz CT molecular complexity index is 351. The zero-order chi connectivity index (χ0) is 10.2. The van der Waals surface area contributed by atoms with Gasteiger partial charge in [0.25, 0.3) is 0 Å². The van der Waals surface area contributed by atoms with Crippen LogP contribution in [0, 0.1) is 11.3 Å². The van der Waals surface area contributed by atoms with Crippen molar-refractivity contribution < 1.29 is 0 Å². The first kappa shape index (κ1) is 10.2. The lowest BCUT2D eigenvalue weighted by Crippen LogP contribution is -2.04. The van der Waals surface area contributed by atoms with Gasteiger partial charge in [0.15, 0.2) is 0 Å². The van der Waals surface area contributed by atoms with Crippen molar-refractivity contribution in [1.29, 1.82) is 5.26 Å². The molecule has 0 saturated heterocycles. The maximum atomic E-state index is 8.59. The molecule has 0 atom stereocenters. The van der Waals surface area contributed by atoms with Crippen LogP contribution in [0.5, 0.6) is 0 Å². The van der Waals surface area contributed by atoms with Gasteiger partial charge in [0, 0.05) is 12.7 Å². The fourth-order valence-corrected chi connectivity index (χ4v) is 0.940. The topological polar surface area (TPSA) is 61.6 Å². The van der Waals surface area contributed by atoms with E-state index < -0.39 is 0 Å². The Morgan fingerprint density at radius 2 is 2.50 bits per heavy atom. The molecule has 4 heteroatoms. The normalized spacial score (nSPS) is 10.0. The van der Waals surface area contributed by atoms with E-state index in [1.54, 1.807) is 12.3 Å². The molecule has 0 fully saturated rings. The van der Waals surface area contributed by atoms with Crippen molar-refractivity contribution >= 4 is 5.95 Å². The molecule has 1 rings (SSSR count). The van der Waals surface area contributed by atoms with E-state index in [1.807, 2.05) is 19.1 Å². The number of anilines is 1. The first-order chi connectivity index (χ1) is 6.86. The number of hydrogen-bond acceptors (Lipinski definition) is 4. The van der Waals surface area contributed by atoms with E-state index in [2.05, 4.69) is 21.4 Å². The van der Waals surface area contributed by atoms with Crippen LogP contribution >= 0.6 is 0 Å². The average molecular weight is 188 g/mol. The molecular weight excluding hydrogens is 176 g/mol. The van der Waals surface area contributed by atoms with Crippen LogP contribution in [0.4, 0.5) is 5.95 Å². The van der Waals surface area contributed by atoms with E-state index in [0.29, 0.717) is 11.6 Å². The Kier molecular flexibility index (Phi) is 4.15. The highest BCUT2D eigenvalue weighted by molar-refractivity contribution is 5.29. The highest BCUT2D eigenvalue weighted by atomic mass is 15.1. The van der Waals surface area contributed by atoms with Gasteiger partial charge >= 0.3 is 0 Å². The number of rotatable bonds is 4. The van der Waals surface area contributed by atoms with Crippen molar-refractivity contribution in [3.63, 3.8) is 0 Å².